The van der Waals surface area contributed by atoms with Gasteiger partial charge in [0, 0.05) is 48.6 Å². The molecule has 0 radical (unpaired) electrons. The number of carbonyl (C=O) groups is 2. The van der Waals surface area contributed by atoms with Crippen molar-refractivity contribution in [2.75, 3.05) is 61.5 Å². The summed E-state index contributed by atoms with van der Waals surface area (Å²) in [5.41, 5.74) is 4.59. The summed E-state index contributed by atoms with van der Waals surface area (Å²) in [6, 6.07) is 14.5. The Morgan fingerprint density at radius 1 is 0.976 bits per heavy atom. The van der Waals surface area contributed by atoms with Crippen molar-refractivity contribution in [2.45, 2.75) is 19.9 Å². The molecule has 0 aliphatic heterocycles. The predicted molar refractivity (Wildman–Crippen MR) is 164 cm³/mol. The van der Waals surface area contributed by atoms with Gasteiger partial charge in [-0.2, -0.15) is 0 Å². The number of fused-ring (bicyclic) bond motifs is 1. The van der Waals surface area contributed by atoms with Gasteiger partial charge in [-0.05, 0) is 55.8 Å². The normalized spacial score (nSPS) is 12.1. The number of imidazole rings is 1. The van der Waals surface area contributed by atoms with E-state index in [-0.39, 0.29) is 30.4 Å². The molecule has 2 heterocycles. The molecule has 0 saturated heterocycles. The zero-order valence-electron chi connectivity index (χ0n) is 23.9. The highest BCUT2D eigenvalue weighted by atomic mass is 35.5. The number of para-hydroxylation sites is 1. The van der Waals surface area contributed by atoms with E-state index in [0.29, 0.717) is 52.2 Å². The molecule has 1 unspecified atom stereocenters. The molecule has 41 heavy (non-hydrogen) atoms. The molecule has 2 amide bonds. The number of alkyl halides is 2. The van der Waals surface area contributed by atoms with E-state index in [1.165, 1.54) is 0 Å². The Morgan fingerprint density at radius 2 is 1.63 bits per heavy atom. The fourth-order valence-corrected chi connectivity index (χ4v) is 4.71. The van der Waals surface area contributed by atoms with Crippen LogP contribution >= 0.6 is 23.2 Å². The minimum absolute atomic E-state index is 0. The van der Waals surface area contributed by atoms with E-state index >= 15 is 0 Å². The number of anilines is 3. The molecule has 4 rings (SSSR count). The van der Waals surface area contributed by atoms with Gasteiger partial charge in [-0.15, -0.1) is 23.2 Å². The summed E-state index contributed by atoms with van der Waals surface area (Å²) >= 11 is 11.9. The van der Waals surface area contributed by atoms with Crippen LogP contribution in [0, 0.1) is 6.92 Å². The molecule has 4 aromatic rings. The highest BCUT2D eigenvalue weighted by Gasteiger charge is 2.27. The summed E-state index contributed by atoms with van der Waals surface area (Å²) in [4.78, 5) is 33.4. The van der Waals surface area contributed by atoms with Crippen LogP contribution in [0.2, 0.25) is 0 Å². The number of halogens is 3. The number of hydrogen-bond acceptors (Lipinski definition) is 4. The van der Waals surface area contributed by atoms with Crippen LogP contribution in [0.5, 0.6) is 0 Å². The van der Waals surface area contributed by atoms with Gasteiger partial charge >= 0.3 is 6.03 Å². The Labute approximate surface area is 257 Å². The lowest BCUT2D eigenvalue weighted by atomic mass is 10.2. The topological polar surface area (TPSA) is 84.2 Å². The SMILES string of the molecule is Cc1cccc2c1nc(-n1ccc(NC(=O)C(C)[N+](C)(C)C)c1)n2C(=O)Nc1ccc(N(CCCl)CCCl)cc1.[Cl-]. The van der Waals surface area contributed by atoms with E-state index in [4.69, 9.17) is 28.2 Å². The highest BCUT2D eigenvalue weighted by molar-refractivity contribution is 6.18. The second kappa shape index (κ2) is 13.6. The van der Waals surface area contributed by atoms with Crippen LogP contribution in [0.3, 0.4) is 0 Å². The molecule has 1 atom stereocenters. The highest BCUT2D eigenvalue weighted by Crippen LogP contribution is 2.25. The van der Waals surface area contributed by atoms with Gasteiger partial charge in [0.2, 0.25) is 5.95 Å². The van der Waals surface area contributed by atoms with Gasteiger partial charge in [-0.25, -0.2) is 14.3 Å². The van der Waals surface area contributed by atoms with Crippen LogP contribution in [-0.2, 0) is 4.79 Å². The van der Waals surface area contributed by atoms with Crippen LogP contribution in [0.4, 0.5) is 21.9 Å². The lowest BCUT2D eigenvalue weighted by molar-refractivity contribution is -0.884. The number of quaternary nitrogens is 1. The number of carbonyl (C=O) groups excluding carboxylic acids is 2. The number of nitrogens with zero attached hydrogens (tertiary/aromatic N) is 5. The first-order chi connectivity index (χ1) is 19.0. The third kappa shape index (κ3) is 7.35. The van der Waals surface area contributed by atoms with Crippen molar-refractivity contribution in [1.82, 2.24) is 14.1 Å². The second-order valence-corrected chi connectivity index (χ2v) is 11.4. The zero-order valence-corrected chi connectivity index (χ0v) is 26.1. The average molecular weight is 621 g/mol. The van der Waals surface area contributed by atoms with E-state index in [1.807, 2.05) is 77.5 Å². The van der Waals surface area contributed by atoms with Gasteiger partial charge < -0.3 is 32.4 Å². The van der Waals surface area contributed by atoms with Crippen molar-refractivity contribution in [3.05, 3.63) is 66.5 Å². The standard InChI is InChI=1S/C29H35Cl2N7O2.ClH/c1-20-7-6-8-25-26(20)34-28(36-16-13-23(19-36)32-27(39)21(2)38(3,4)5)37(25)29(40)33-22-9-11-24(12-10-22)35(17-14-30)18-15-31;/h6-13,16,19,21H,14-15,17-18H2,1-5H3,(H-,32,33,39,40);1H. The Balaban J connectivity index is 0.00000462. The summed E-state index contributed by atoms with van der Waals surface area (Å²) in [5, 5.41) is 5.97. The maximum Gasteiger partial charge on any atom is 0.333 e. The van der Waals surface area contributed by atoms with Gasteiger partial charge in [0.05, 0.1) is 37.9 Å². The maximum atomic E-state index is 13.7. The molecule has 220 valence electrons. The van der Waals surface area contributed by atoms with Crippen LogP contribution < -0.4 is 27.9 Å². The van der Waals surface area contributed by atoms with Crippen molar-refractivity contribution < 1.29 is 26.5 Å². The summed E-state index contributed by atoms with van der Waals surface area (Å²) in [7, 11) is 5.92. The number of amides is 2. The Kier molecular flexibility index (Phi) is 10.7. The first-order valence-corrected chi connectivity index (χ1v) is 14.2. The summed E-state index contributed by atoms with van der Waals surface area (Å²) in [6.07, 6.45) is 3.54. The van der Waals surface area contributed by atoms with E-state index in [9.17, 15) is 9.59 Å². The van der Waals surface area contributed by atoms with Crippen LogP contribution in [-0.4, -0.2) is 82.6 Å². The first-order valence-electron chi connectivity index (χ1n) is 13.1. The van der Waals surface area contributed by atoms with Crippen LogP contribution in [0.1, 0.15) is 12.5 Å². The minimum Gasteiger partial charge on any atom is -1.00 e. The molecule has 0 saturated carbocycles. The predicted octanol–water partition coefficient (Wildman–Crippen LogP) is 2.54. The molecule has 0 bridgehead atoms. The number of likely N-dealkylation sites (N-methyl/N-ethyl adjacent to an activating group) is 1. The molecule has 12 heteroatoms. The van der Waals surface area contributed by atoms with Gasteiger partial charge in [0.1, 0.15) is 0 Å². The summed E-state index contributed by atoms with van der Waals surface area (Å²) in [6.45, 7) is 5.20. The molecular weight excluding hydrogens is 585 g/mol. The van der Waals surface area contributed by atoms with Gasteiger partial charge in [-0.1, -0.05) is 12.1 Å². The molecule has 9 nitrogen and oxygen atoms in total. The molecule has 2 N–H and O–H groups in total. The summed E-state index contributed by atoms with van der Waals surface area (Å²) < 4.78 is 3.79. The van der Waals surface area contributed by atoms with Crippen molar-refractivity contribution in [3.8, 4) is 5.95 Å². The van der Waals surface area contributed by atoms with Gasteiger partial charge in [-0.3, -0.25) is 9.36 Å². The molecule has 0 spiro atoms. The third-order valence-corrected chi connectivity index (χ3v) is 7.34. The largest absolute Gasteiger partial charge is 1.00 e. The van der Waals surface area contributed by atoms with Crippen LogP contribution in [0.15, 0.2) is 60.9 Å². The average Bonchev–Trinajstić information content (AvgIpc) is 3.53. The van der Waals surface area contributed by atoms with Gasteiger partial charge in [0.15, 0.2) is 6.04 Å². The molecule has 2 aromatic carbocycles. The Hall–Kier alpha value is -3.24. The van der Waals surface area contributed by atoms with Gasteiger partial charge in [0.25, 0.3) is 5.91 Å². The number of nitrogens with one attached hydrogen (secondary N) is 2. The van der Waals surface area contributed by atoms with E-state index in [2.05, 4.69) is 15.5 Å². The van der Waals surface area contributed by atoms with E-state index < -0.39 is 0 Å². The second-order valence-electron chi connectivity index (χ2n) is 10.6. The maximum absolute atomic E-state index is 13.7. The summed E-state index contributed by atoms with van der Waals surface area (Å²) in [5.74, 6) is 1.30. The number of hydrogen-bond donors (Lipinski definition) is 2. The number of benzene rings is 2. The molecule has 0 aliphatic rings. The first kappa shape index (κ1) is 32.3. The van der Waals surface area contributed by atoms with Crippen molar-refractivity contribution >= 4 is 63.2 Å². The Morgan fingerprint density at radius 3 is 2.24 bits per heavy atom. The lowest BCUT2D eigenvalue weighted by Crippen LogP contribution is -3.00. The minimum atomic E-state index is -0.354. The number of rotatable bonds is 10. The third-order valence-electron chi connectivity index (χ3n) is 7.00. The smallest absolute Gasteiger partial charge is 0.333 e. The molecule has 2 aromatic heterocycles. The van der Waals surface area contributed by atoms with Crippen molar-refractivity contribution in [3.63, 3.8) is 0 Å². The van der Waals surface area contributed by atoms with Crippen molar-refractivity contribution in [1.29, 1.82) is 0 Å². The Bertz CT molecular complexity index is 1490. The zero-order chi connectivity index (χ0) is 29.0. The molecular formula is C29H36Cl3N7O2. The van der Waals surface area contributed by atoms with E-state index in [0.717, 1.165) is 16.8 Å². The fourth-order valence-electron chi connectivity index (χ4n) is 4.30. The number of aryl methyl sites for hydroxylation is 1. The number of aromatic nitrogens is 3. The quantitative estimate of drug-likeness (QED) is 0.211. The fraction of sp³-hybridized carbons (Fsp3) is 0.345. The monoisotopic (exact) mass is 619 g/mol. The molecule has 0 aliphatic carbocycles. The van der Waals surface area contributed by atoms with Crippen LogP contribution in [0.25, 0.3) is 17.0 Å². The lowest BCUT2D eigenvalue weighted by Gasteiger charge is -2.30. The molecule has 0 fully saturated rings. The van der Waals surface area contributed by atoms with Crippen molar-refractivity contribution in [2.24, 2.45) is 0 Å². The van der Waals surface area contributed by atoms with E-state index in [1.54, 1.807) is 27.6 Å².